The van der Waals surface area contributed by atoms with E-state index in [0.29, 0.717) is 31.6 Å². The molecule has 348 valence electrons. The van der Waals surface area contributed by atoms with Crippen molar-refractivity contribution >= 4 is 62.0 Å². The Morgan fingerprint density at radius 1 is 0.969 bits per heavy atom. The number of hydrogen-bond donors (Lipinski definition) is 6. The fraction of sp³-hybridized carbons (Fsp3) is 0.479. The number of anilines is 2. The average molecular weight is 899 g/mol. The van der Waals surface area contributed by atoms with Crippen molar-refractivity contribution in [1.82, 2.24) is 4.98 Å². The lowest BCUT2D eigenvalue weighted by molar-refractivity contribution is -0.160. The molecule has 0 spiro atoms. The third-order valence-electron chi connectivity index (χ3n) is 13.3. The molecule has 7 rings (SSSR count). The molecule has 1 unspecified atom stereocenters. The van der Waals surface area contributed by atoms with Crippen LogP contribution in [0.25, 0.3) is 38.7 Å². The number of nitrogens with two attached hydrogens (primary N) is 1. The van der Waals surface area contributed by atoms with Crippen LogP contribution < -0.4 is 36.8 Å². The summed E-state index contributed by atoms with van der Waals surface area (Å²) in [5.74, 6) is -6.97. The smallest absolute Gasteiger partial charge is 0.307 e. The van der Waals surface area contributed by atoms with Gasteiger partial charge in [-0.3, -0.25) is 19.2 Å². The van der Waals surface area contributed by atoms with E-state index in [4.69, 9.17) is 34.1 Å². The fourth-order valence-electron chi connectivity index (χ4n) is 9.22. The molecule has 4 heterocycles. The number of nitrogens with zero attached hydrogens (tertiary/aromatic N) is 2. The minimum Gasteiger partial charge on any atom is -0.507 e. The zero-order valence-electron chi connectivity index (χ0n) is 38.0. The van der Waals surface area contributed by atoms with Gasteiger partial charge in [-0.25, -0.2) is 4.98 Å². The lowest BCUT2D eigenvalue weighted by Gasteiger charge is -2.38. The third kappa shape index (κ3) is 8.53. The summed E-state index contributed by atoms with van der Waals surface area (Å²) in [5.41, 5.74) is 4.63. The van der Waals surface area contributed by atoms with Gasteiger partial charge in [-0.15, -0.1) is 0 Å². The van der Waals surface area contributed by atoms with Gasteiger partial charge in [0, 0.05) is 98.1 Å². The number of ether oxygens (including phenoxy) is 4. The number of fused-ring (bicyclic) bond motifs is 2. The van der Waals surface area contributed by atoms with Crippen LogP contribution in [0.1, 0.15) is 66.9 Å². The quantitative estimate of drug-likeness (QED) is 0.0941. The van der Waals surface area contributed by atoms with Crippen LogP contribution in [0.4, 0.5) is 11.4 Å². The Hall–Kier alpha value is -6.01. The van der Waals surface area contributed by atoms with Crippen molar-refractivity contribution in [2.24, 2.45) is 29.4 Å². The number of aromatic nitrogens is 1. The lowest BCUT2D eigenvalue weighted by atomic mass is 9.78. The number of hydrogen-bond acceptors (Lipinski definition) is 16. The van der Waals surface area contributed by atoms with E-state index in [-0.39, 0.29) is 66.8 Å². The Bertz CT molecular complexity index is 2830. The first kappa shape index (κ1) is 47.0. The molecule has 1 fully saturated rings. The van der Waals surface area contributed by atoms with E-state index in [0.717, 1.165) is 0 Å². The standard InChI is InChI=1S/C48H58N4O13/c1-21-11-10-12-22(2)47(60)51-38-42(58)34-33(37-45(38)64-32-20-29(19-30(54)36(32)50-37)52-16-13-28(49)14-17-52)35-44(26(6)41(34)57)65-48(8,46(35)59)62-18-15-31(61-9)23(3)43(63-27(7)53)25(5)40(56)24(4)39(21)55/h10-12,15,18-21,23-25,28,31,39-40,43,55-57,59H,13-14,16-17,49H2,1-9H3,(H,51,60)/b11-10+,18-15-,22-12+/t21-,23+,24+,25+,31?,39-,40+,43+,48-/m0/s1. The van der Waals surface area contributed by atoms with Gasteiger partial charge in [-0.05, 0) is 32.8 Å². The third-order valence-corrected chi connectivity index (χ3v) is 13.3. The molecule has 4 bridgehead atoms. The van der Waals surface area contributed by atoms with E-state index < -0.39 is 88.1 Å². The zero-order valence-corrected chi connectivity index (χ0v) is 38.0. The van der Waals surface area contributed by atoms with E-state index in [1.54, 1.807) is 45.9 Å². The molecule has 3 aliphatic rings. The summed E-state index contributed by atoms with van der Waals surface area (Å²) in [6, 6.07) is 3.10. The number of phenolic OH excluding ortho intramolecular Hbond substituents is 1. The summed E-state index contributed by atoms with van der Waals surface area (Å²) in [4.78, 5) is 61.9. The second-order valence-electron chi connectivity index (χ2n) is 17.9. The van der Waals surface area contributed by atoms with Crippen LogP contribution in [-0.4, -0.2) is 93.7 Å². The van der Waals surface area contributed by atoms with Crippen molar-refractivity contribution < 1.29 is 53.4 Å². The number of amides is 1. The van der Waals surface area contributed by atoms with Crippen molar-refractivity contribution in [2.75, 3.05) is 30.4 Å². The highest BCUT2D eigenvalue weighted by molar-refractivity contribution is 6.16. The summed E-state index contributed by atoms with van der Waals surface area (Å²) < 4.78 is 30.4. The van der Waals surface area contributed by atoms with Gasteiger partial charge in [0.15, 0.2) is 22.4 Å². The number of nitrogens with one attached hydrogen (secondary N) is 1. The lowest BCUT2D eigenvalue weighted by Crippen LogP contribution is -2.46. The van der Waals surface area contributed by atoms with Crippen LogP contribution >= 0.6 is 0 Å². The number of aromatic hydroxyl groups is 1. The Kier molecular flexibility index (Phi) is 13.1. The van der Waals surface area contributed by atoms with Gasteiger partial charge in [0.2, 0.25) is 10.9 Å². The van der Waals surface area contributed by atoms with Gasteiger partial charge < -0.3 is 59.7 Å². The average Bonchev–Trinajstić information content (AvgIpc) is 3.54. The Morgan fingerprint density at radius 2 is 1.66 bits per heavy atom. The minimum absolute atomic E-state index is 0.0161. The van der Waals surface area contributed by atoms with Crippen molar-refractivity contribution in [3.63, 3.8) is 0 Å². The highest BCUT2D eigenvalue weighted by atomic mass is 16.7. The predicted molar refractivity (Wildman–Crippen MR) is 244 cm³/mol. The van der Waals surface area contributed by atoms with E-state index in [2.05, 4.69) is 5.32 Å². The molecule has 1 amide bonds. The van der Waals surface area contributed by atoms with Gasteiger partial charge in [0.25, 0.3) is 5.91 Å². The number of esters is 1. The molecule has 17 heteroatoms. The molecule has 9 atom stereocenters. The number of aliphatic hydroxyl groups excluding tert-OH is 3. The van der Waals surface area contributed by atoms with Crippen LogP contribution in [0.2, 0.25) is 0 Å². The normalized spacial score (nSPS) is 30.2. The number of benzene rings is 3. The van der Waals surface area contributed by atoms with E-state index in [1.165, 1.54) is 59.3 Å². The first-order chi connectivity index (χ1) is 30.7. The Morgan fingerprint density at radius 3 is 2.32 bits per heavy atom. The number of rotatable bonds is 3. The molecule has 7 N–H and O–H groups in total. The van der Waals surface area contributed by atoms with E-state index >= 15 is 0 Å². The molecule has 0 radical (unpaired) electrons. The Balaban J connectivity index is 1.48. The molecule has 4 aromatic rings. The van der Waals surface area contributed by atoms with Gasteiger partial charge in [0.05, 0.1) is 35.2 Å². The van der Waals surface area contributed by atoms with Gasteiger partial charge in [-0.2, -0.15) is 0 Å². The summed E-state index contributed by atoms with van der Waals surface area (Å²) in [6.07, 6.45) is 4.94. The van der Waals surface area contributed by atoms with Crippen molar-refractivity contribution in [3.05, 3.63) is 79.5 Å². The fourth-order valence-corrected chi connectivity index (χ4v) is 9.22. The molecular formula is C48H58N4O13. The molecule has 3 aromatic carbocycles. The van der Waals surface area contributed by atoms with Crippen molar-refractivity contribution in [1.29, 1.82) is 0 Å². The SMILES string of the molecule is COC1/C=C\O[C@@]2(C)Oc3c(C)c(O)c4c(=O)c(c5oc6cc(N7CCC(N)CC7)cc(=O)c6nc5c4c3=C2O)NC(=O)/C(C)=C/C=C/[C@H](C)[C@H](O)[C@@H](C)[C@@H](O)[C@@H](C)[C@H](OC(C)=O)[C@@H]1C. The van der Waals surface area contributed by atoms with Gasteiger partial charge in [-0.1, -0.05) is 45.9 Å². The first-order valence-electron chi connectivity index (χ1n) is 21.8. The molecule has 0 aliphatic carbocycles. The highest BCUT2D eigenvalue weighted by Gasteiger charge is 2.44. The maximum Gasteiger partial charge on any atom is 0.307 e. The molecular weight excluding hydrogens is 841 g/mol. The first-order valence-corrected chi connectivity index (χ1v) is 21.8. The van der Waals surface area contributed by atoms with Crippen molar-refractivity contribution in [2.45, 2.75) is 104 Å². The van der Waals surface area contributed by atoms with E-state index in [9.17, 15) is 39.6 Å². The van der Waals surface area contributed by atoms with Crippen LogP contribution in [0, 0.1) is 30.6 Å². The van der Waals surface area contributed by atoms with Gasteiger partial charge >= 0.3 is 11.8 Å². The number of aliphatic hydroxyl groups is 3. The predicted octanol–water partition coefficient (Wildman–Crippen LogP) is 4.49. The van der Waals surface area contributed by atoms with Crippen LogP contribution in [0.5, 0.6) is 11.5 Å². The summed E-state index contributed by atoms with van der Waals surface area (Å²) in [7, 11) is 1.44. The topological polar surface area (TPSA) is 253 Å². The number of piperidine rings is 1. The number of allylic oxidation sites excluding steroid dienone is 2. The number of methoxy groups -OCH3 is 1. The number of carbonyl (C=O) groups is 2. The summed E-state index contributed by atoms with van der Waals surface area (Å²) in [5, 5.41) is 49.1. The van der Waals surface area contributed by atoms with Crippen LogP contribution in [0.15, 0.2) is 62.3 Å². The van der Waals surface area contributed by atoms with Crippen LogP contribution in [-0.2, 0) is 23.8 Å². The second kappa shape index (κ2) is 18.1. The van der Waals surface area contributed by atoms with Gasteiger partial charge in [0.1, 0.15) is 28.8 Å². The summed E-state index contributed by atoms with van der Waals surface area (Å²) >= 11 is 0. The second-order valence-corrected chi connectivity index (χ2v) is 17.9. The number of phenols is 1. The molecule has 65 heavy (non-hydrogen) atoms. The van der Waals surface area contributed by atoms with E-state index in [1.807, 2.05) is 4.90 Å². The monoisotopic (exact) mass is 898 g/mol. The largest absolute Gasteiger partial charge is 0.507 e. The molecule has 17 nitrogen and oxygen atoms in total. The Labute approximate surface area is 374 Å². The highest BCUT2D eigenvalue weighted by Crippen LogP contribution is 2.42. The number of carbonyl (C=O) groups excluding carboxylic acids is 2. The van der Waals surface area contributed by atoms with Crippen molar-refractivity contribution in [3.8, 4) is 11.5 Å². The summed E-state index contributed by atoms with van der Waals surface area (Å²) in [6.45, 7) is 13.8. The molecule has 3 aliphatic heterocycles. The molecule has 1 aromatic heterocycles. The molecule has 0 saturated carbocycles. The van der Waals surface area contributed by atoms with Crippen LogP contribution in [0.3, 0.4) is 0 Å². The zero-order chi connectivity index (χ0) is 47.4. The minimum atomic E-state index is -1.98. The maximum atomic E-state index is 14.8. The maximum absolute atomic E-state index is 14.8. The molecule has 1 saturated heterocycles.